The molecule has 1 aromatic rings. The molecule has 3 rings (SSSR count). The van der Waals surface area contributed by atoms with Gasteiger partial charge in [0.2, 0.25) is 6.41 Å². The highest BCUT2D eigenvalue weighted by molar-refractivity contribution is 8.00. The van der Waals surface area contributed by atoms with Crippen molar-refractivity contribution in [1.82, 2.24) is 15.2 Å². The van der Waals surface area contributed by atoms with Gasteiger partial charge in [-0.3, -0.25) is 19.3 Å². The number of carboxylic acid groups (broad SMARTS) is 1. The Morgan fingerprint density at radius 1 is 1.46 bits per heavy atom. The van der Waals surface area contributed by atoms with Crippen LogP contribution in [0.1, 0.15) is 12.6 Å². The molecule has 3 amide bonds. The Bertz CT molecular complexity index is 897. The minimum absolute atomic E-state index is 0.0957. The Balaban J connectivity index is 1.77. The van der Waals surface area contributed by atoms with E-state index in [1.54, 1.807) is 6.92 Å². The summed E-state index contributed by atoms with van der Waals surface area (Å²) in [6.45, 7) is 1.81. The van der Waals surface area contributed by atoms with Crippen molar-refractivity contribution in [2.45, 2.75) is 23.6 Å². The van der Waals surface area contributed by atoms with Crippen LogP contribution in [0.25, 0.3) is 0 Å². The zero-order valence-electron chi connectivity index (χ0n) is 14.6. The molecule has 3 atom stereocenters. The van der Waals surface area contributed by atoms with Crippen molar-refractivity contribution in [2.75, 3.05) is 12.4 Å². The highest BCUT2D eigenvalue weighted by Crippen LogP contribution is 2.40. The molecule has 0 aliphatic carbocycles. The van der Waals surface area contributed by atoms with Gasteiger partial charge in [0.25, 0.3) is 11.8 Å². The highest BCUT2D eigenvalue weighted by Gasteiger charge is 2.54. The fourth-order valence-corrected chi connectivity index (χ4v) is 4.72. The molecule has 0 bridgehead atoms. The van der Waals surface area contributed by atoms with E-state index in [0.29, 0.717) is 6.41 Å². The fraction of sp³-hybridized carbons (Fsp3) is 0.333. The molecule has 2 aliphatic rings. The first-order chi connectivity index (χ1) is 13.4. The lowest BCUT2D eigenvalue weighted by Gasteiger charge is -2.49. The van der Waals surface area contributed by atoms with Crippen molar-refractivity contribution in [3.8, 4) is 0 Å². The third-order valence-electron chi connectivity index (χ3n) is 3.88. The molecular weight excluding hydrogens is 410 g/mol. The molecule has 3 heterocycles. The summed E-state index contributed by atoms with van der Waals surface area (Å²) in [5.41, 5.74) is -0.110. The molecule has 0 radical (unpaired) electrons. The average molecular weight is 425 g/mol. The maximum absolute atomic E-state index is 12.7. The summed E-state index contributed by atoms with van der Waals surface area (Å²) in [7, 11) is 1.25. The molecular formula is C15H15N5O6S2. The van der Waals surface area contributed by atoms with E-state index < -0.39 is 29.2 Å². The Kier molecular flexibility index (Phi) is 5.65. The largest absolute Gasteiger partial charge is 0.477 e. The second-order valence-corrected chi connectivity index (χ2v) is 8.03. The third kappa shape index (κ3) is 3.57. The van der Waals surface area contributed by atoms with Crippen molar-refractivity contribution in [3.05, 3.63) is 22.8 Å². The van der Waals surface area contributed by atoms with E-state index in [9.17, 15) is 24.3 Å². The first-order valence-electron chi connectivity index (χ1n) is 7.89. The van der Waals surface area contributed by atoms with Crippen molar-refractivity contribution in [2.24, 2.45) is 5.16 Å². The molecule has 0 saturated carbocycles. The standard InChI is InChI=1S/C15H15N5O6S2/c1-6-3-8(14(24)25)20-12(23)10(13(20)28-6)18-11(22)9(19-26-2)7-4-27-15(17-7)16-5-21/h3-6,10,13H,1-2H3,(H,18,22)(H,24,25)(H,16,17,21)/t6?,10?,13-/m0/s1. The van der Waals surface area contributed by atoms with Crippen LogP contribution in [0.4, 0.5) is 5.13 Å². The van der Waals surface area contributed by atoms with Crippen LogP contribution < -0.4 is 10.6 Å². The van der Waals surface area contributed by atoms with Crippen LogP contribution in [-0.2, 0) is 24.0 Å². The Hall–Kier alpha value is -2.93. The van der Waals surface area contributed by atoms with Gasteiger partial charge >= 0.3 is 5.97 Å². The summed E-state index contributed by atoms with van der Waals surface area (Å²) in [5, 5.41) is 19.0. The Morgan fingerprint density at radius 3 is 2.86 bits per heavy atom. The quantitative estimate of drug-likeness (QED) is 0.236. The molecule has 0 spiro atoms. The first-order valence-corrected chi connectivity index (χ1v) is 9.71. The van der Waals surface area contributed by atoms with Gasteiger partial charge in [-0.1, -0.05) is 5.16 Å². The monoisotopic (exact) mass is 425 g/mol. The molecule has 11 nitrogen and oxygen atoms in total. The van der Waals surface area contributed by atoms with Gasteiger partial charge in [-0.2, -0.15) is 0 Å². The average Bonchev–Trinajstić information content (AvgIpc) is 3.11. The lowest BCUT2D eigenvalue weighted by molar-refractivity contribution is -0.150. The first kappa shape index (κ1) is 19.8. The predicted octanol–water partition coefficient (Wildman–Crippen LogP) is -0.181. The lowest BCUT2D eigenvalue weighted by Crippen LogP contribution is -2.71. The SMILES string of the molecule is CON=C(C(=O)NC1C(=O)N2C(C(=O)O)=CC(C)S[C@@H]12)c1csc(NC=O)n1. The lowest BCUT2D eigenvalue weighted by atomic mass is 10.0. The number of aliphatic carboxylic acids is 1. The van der Waals surface area contributed by atoms with Gasteiger partial charge < -0.3 is 20.6 Å². The van der Waals surface area contributed by atoms with E-state index in [0.717, 1.165) is 16.2 Å². The molecule has 148 valence electrons. The zero-order chi connectivity index (χ0) is 20.4. The van der Waals surface area contributed by atoms with E-state index in [2.05, 4.69) is 20.8 Å². The normalized spacial score (nSPS) is 23.9. The number of carbonyl (C=O) groups excluding carboxylic acids is 3. The highest BCUT2D eigenvalue weighted by atomic mass is 32.2. The van der Waals surface area contributed by atoms with Crippen LogP contribution in [0.3, 0.4) is 0 Å². The Morgan fingerprint density at radius 2 is 2.21 bits per heavy atom. The predicted molar refractivity (Wildman–Crippen MR) is 101 cm³/mol. The number of hydrogen-bond donors (Lipinski definition) is 3. The second kappa shape index (κ2) is 7.98. The van der Waals surface area contributed by atoms with E-state index in [1.807, 2.05) is 0 Å². The minimum Gasteiger partial charge on any atom is -0.477 e. The molecule has 0 aromatic carbocycles. The van der Waals surface area contributed by atoms with E-state index in [1.165, 1.54) is 30.3 Å². The summed E-state index contributed by atoms with van der Waals surface area (Å²) >= 11 is 2.44. The topological polar surface area (TPSA) is 150 Å². The minimum atomic E-state index is -1.20. The van der Waals surface area contributed by atoms with Crippen LogP contribution in [0.15, 0.2) is 22.3 Å². The van der Waals surface area contributed by atoms with E-state index in [4.69, 9.17) is 4.84 Å². The summed E-state index contributed by atoms with van der Waals surface area (Å²) in [5.74, 6) is -2.43. The third-order valence-corrected chi connectivity index (χ3v) is 5.98. The number of aromatic nitrogens is 1. The van der Waals surface area contributed by atoms with Gasteiger partial charge in [-0.15, -0.1) is 23.1 Å². The summed E-state index contributed by atoms with van der Waals surface area (Å²) in [4.78, 5) is 56.9. The molecule has 28 heavy (non-hydrogen) atoms. The molecule has 13 heteroatoms. The van der Waals surface area contributed by atoms with Gasteiger partial charge in [0.1, 0.15) is 29.9 Å². The summed E-state index contributed by atoms with van der Waals surface area (Å²) in [6.07, 6.45) is 1.94. The van der Waals surface area contributed by atoms with Gasteiger partial charge in [0.15, 0.2) is 10.8 Å². The van der Waals surface area contributed by atoms with Gasteiger partial charge in [-0.05, 0) is 13.0 Å². The smallest absolute Gasteiger partial charge is 0.352 e. The van der Waals surface area contributed by atoms with Crippen molar-refractivity contribution in [1.29, 1.82) is 0 Å². The number of thioether (sulfide) groups is 1. The number of thiazole rings is 1. The van der Waals surface area contributed by atoms with Crippen LogP contribution >= 0.6 is 23.1 Å². The van der Waals surface area contributed by atoms with Crippen molar-refractivity contribution < 1.29 is 29.1 Å². The zero-order valence-corrected chi connectivity index (χ0v) is 16.2. The number of nitrogens with one attached hydrogen (secondary N) is 2. The second-order valence-electron chi connectivity index (χ2n) is 5.67. The van der Waals surface area contributed by atoms with E-state index in [-0.39, 0.29) is 27.5 Å². The van der Waals surface area contributed by atoms with Crippen LogP contribution in [0.5, 0.6) is 0 Å². The number of hydrogen-bond acceptors (Lipinski definition) is 9. The molecule has 2 aliphatic heterocycles. The number of carbonyl (C=O) groups is 4. The molecule has 1 saturated heterocycles. The number of fused-ring (bicyclic) bond motifs is 1. The number of rotatable bonds is 7. The fourth-order valence-electron chi connectivity index (χ4n) is 2.73. The maximum Gasteiger partial charge on any atom is 0.352 e. The van der Waals surface area contributed by atoms with Gasteiger partial charge in [0, 0.05) is 10.6 Å². The maximum atomic E-state index is 12.7. The number of carboxylic acids is 1. The number of nitrogens with zero attached hydrogens (tertiary/aromatic N) is 3. The molecule has 1 fully saturated rings. The van der Waals surface area contributed by atoms with E-state index >= 15 is 0 Å². The molecule has 2 unspecified atom stereocenters. The molecule has 3 N–H and O–H groups in total. The van der Waals surface area contributed by atoms with Crippen molar-refractivity contribution in [3.63, 3.8) is 0 Å². The number of oxime groups is 1. The molecule has 1 aromatic heterocycles. The van der Waals surface area contributed by atoms with Crippen LogP contribution in [0, 0.1) is 0 Å². The summed E-state index contributed by atoms with van der Waals surface area (Å²) in [6, 6.07) is -0.906. The Labute approximate surface area is 166 Å². The number of amides is 3. The van der Waals surface area contributed by atoms with Crippen LogP contribution in [0.2, 0.25) is 0 Å². The van der Waals surface area contributed by atoms with Crippen molar-refractivity contribution >= 4 is 58.1 Å². The van der Waals surface area contributed by atoms with Gasteiger partial charge in [-0.25, -0.2) is 9.78 Å². The van der Waals surface area contributed by atoms with Crippen LogP contribution in [-0.4, -0.2) is 68.7 Å². The summed E-state index contributed by atoms with van der Waals surface area (Å²) < 4.78 is 0. The number of β-lactam (4-membered cyclic amide) rings is 1. The number of anilines is 1. The van der Waals surface area contributed by atoms with Gasteiger partial charge in [0.05, 0.1) is 0 Å².